The van der Waals surface area contributed by atoms with E-state index in [0.29, 0.717) is 6.54 Å². The van der Waals surface area contributed by atoms with E-state index in [1.165, 1.54) is 25.7 Å². The summed E-state index contributed by atoms with van der Waals surface area (Å²) in [5.74, 6) is 1.89. The minimum atomic E-state index is -0.861. The maximum Gasteiger partial charge on any atom is 0.324 e. The molecular weight excluding hydrogens is 252 g/mol. The van der Waals surface area contributed by atoms with Crippen LogP contribution in [0.15, 0.2) is 0 Å². The molecule has 4 unspecified atom stereocenters. The summed E-state index contributed by atoms with van der Waals surface area (Å²) >= 11 is 0. The van der Waals surface area contributed by atoms with Crippen molar-refractivity contribution in [3.05, 3.63) is 0 Å². The first kappa shape index (κ1) is 15.8. The van der Waals surface area contributed by atoms with Crippen LogP contribution in [-0.2, 0) is 4.79 Å². The van der Waals surface area contributed by atoms with Crippen LogP contribution in [-0.4, -0.2) is 47.7 Å². The second-order valence-corrected chi connectivity index (χ2v) is 7.57. The first-order valence-corrected chi connectivity index (χ1v) is 8.00. The first-order chi connectivity index (χ1) is 9.30. The second-order valence-electron chi connectivity index (χ2n) is 7.57. The van der Waals surface area contributed by atoms with E-state index in [0.717, 1.165) is 24.3 Å². The quantitative estimate of drug-likeness (QED) is 0.751. The Kier molecular flexibility index (Phi) is 4.75. The van der Waals surface area contributed by atoms with Crippen molar-refractivity contribution < 1.29 is 9.90 Å². The summed E-state index contributed by atoms with van der Waals surface area (Å²) in [6.07, 6.45) is 5.59. The zero-order valence-electron chi connectivity index (χ0n) is 13.4. The van der Waals surface area contributed by atoms with Gasteiger partial charge in [0.1, 0.15) is 5.54 Å². The van der Waals surface area contributed by atoms with Gasteiger partial charge in [0.15, 0.2) is 0 Å². The normalized spacial score (nSPS) is 32.0. The summed E-state index contributed by atoms with van der Waals surface area (Å²) in [5, 5.41) is 12.7. The van der Waals surface area contributed by atoms with Crippen LogP contribution in [0.1, 0.15) is 46.5 Å². The fraction of sp³-hybridized carbons (Fsp3) is 0.938. The number of carboxylic acid groups (broad SMARTS) is 1. The van der Waals surface area contributed by atoms with Gasteiger partial charge in [0.05, 0.1) is 0 Å². The molecule has 0 aromatic heterocycles. The van der Waals surface area contributed by atoms with E-state index < -0.39 is 11.5 Å². The van der Waals surface area contributed by atoms with Crippen molar-refractivity contribution in [2.75, 3.05) is 20.1 Å². The lowest BCUT2D eigenvalue weighted by molar-refractivity contribution is -0.145. The molecule has 2 fully saturated rings. The molecule has 0 amide bonds. The van der Waals surface area contributed by atoms with Gasteiger partial charge in [-0.05, 0) is 64.8 Å². The minimum Gasteiger partial charge on any atom is -0.480 e. The number of aliphatic carboxylic acids is 1. The number of nitrogens with one attached hydrogen (secondary N) is 1. The van der Waals surface area contributed by atoms with Gasteiger partial charge in [-0.3, -0.25) is 10.1 Å². The molecule has 4 nitrogen and oxygen atoms in total. The third kappa shape index (κ3) is 3.53. The van der Waals surface area contributed by atoms with Gasteiger partial charge in [-0.2, -0.15) is 0 Å². The van der Waals surface area contributed by atoms with Gasteiger partial charge in [0.25, 0.3) is 0 Å². The molecule has 2 bridgehead atoms. The third-order valence-corrected chi connectivity index (χ3v) is 5.10. The Labute approximate surface area is 122 Å². The fourth-order valence-electron chi connectivity index (χ4n) is 4.42. The number of nitrogens with zero attached hydrogens (tertiary/aromatic N) is 1. The Morgan fingerprint density at radius 2 is 2.10 bits per heavy atom. The summed E-state index contributed by atoms with van der Waals surface area (Å²) in [7, 11) is 2.06. The molecule has 4 atom stereocenters. The molecule has 0 spiro atoms. The molecule has 2 saturated carbocycles. The number of carbonyl (C=O) groups is 1. The highest BCUT2D eigenvalue weighted by Crippen LogP contribution is 2.48. The molecule has 4 heteroatoms. The average molecular weight is 282 g/mol. The van der Waals surface area contributed by atoms with Crippen molar-refractivity contribution in [2.24, 2.45) is 17.8 Å². The molecule has 116 valence electrons. The predicted molar refractivity (Wildman–Crippen MR) is 80.7 cm³/mol. The molecule has 0 aromatic rings. The molecule has 0 aromatic carbocycles. The van der Waals surface area contributed by atoms with Gasteiger partial charge < -0.3 is 10.0 Å². The number of hydrogen-bond donors (Lipinski definition) is 2. The lowest BCUT2D eigenvalue weighted by atomic mass is 9.88. The molecular formula is C16H30N2O2. The molecule has 0 saturated heterocycles. The smallest absolute Gasteiger partial charge is 0.324 e. The van der Waals surface area contributed by atoms with Crippen LogP contribution >= 0.6 is 0 Å². The van der Waals surface area contributed by atoms with Crippen LogP contribution in [0.25, 0.3) is 0 Å². The van der Waals surface area contributed by atoms with Gasteiger partial charge in [-0.1, -0.05) is 6.42 Å². The highest BCUT2D eigenvalue weighted by Gasteiger charge is 2.41. The topological polar surface area (TPSA) is 52.6 Å². The van der Waals surface area contributed by atoms with E-state index in [-0.39, 0.29) is 6.04 Å². The largest absolute Gasteiger partial charge is 0.480 e. The van der Waals surface area contributed by atoms with Crippen LogP contribution in [0.4, 0.5) is 0 Å². The van der Waals surface area contributed by atoms with Crippen molar-refractivity contribution in [1.82, 2.24) is 10.2 Å². The Balaban J connectivity index is 1.88. The standard InChI is InChI=1S/C16H30N2O2/c1-11(2)17-16(3,15(19)20)10-18(4)9-14-8-12-5-6-13(14)7-12/h11-14,17H,5-10H2,1-4H3,(H,19,20). The van der Waals surface area contributed by atoms with Gasteiger partial charge in [-0.25, -0.2) is 0 Å². The molecule has 2 N–H and O–H groups in total. The van der Waals surface area contributed by atoms with E-state index in [2.05, 4.69) is 17.3 Å². The summed E-state index contributed by atoms with van der Waals surface area (Å²) in [6, 6.07) is 0.173. The maximum absolute atomic E-state index is 11.6. The molecule has 2 rings (SSSR count). The molecule has 0 radical (unpaired) electrons. The van der Waals surface area contributed by atoms with Crippen LogP contribution in [0.3, 0.4) is 0 Å². The molecule has 2 aliphatic rings. The Hall–Kier alpha value is -0.610. The van der Waals surface area contributed by atoms with Crippen molar-refractivity contribution >= 4 is 5.97 Å². The van der Waals surface area contributed by atoms with E-state index >= 15 is 0 Å². The number of carboxylic acids is 1. The summed E-state index contributed by atoms with van der Waals surface area (Å²) in [5.41, 5.74) is -0.861. The monoisotopic (exact) mass is 282 g/mol. The lowest BCUT2D eigenvalue weighted by Crippen LogP contribution is -2.58. The average Bonchev–Trinajstić information content (AvgIpc) is 2.88. The maximum atomic E-state index is 11.6. The zero-order chi connectivity index (χ0) is 14.9. The van der Waals surface area contributed by atoms with Gasteiger partial charge in [0, 0.05) is 19.1 Å². The van der Waals surface area contributed by atoms with Crippen LogP contribution in [0.2, 0.25) is 0 Å². The Morgan fingerprint density at radius 1 is 1.40 bits per heavy atom. The fourth-order valence-corrected chi connectivity index (χ4v) is 4.42. The van der Waals surface area contributed by atoms with E-state index in [1.807, 2.05) is 13.8 Å². The van der Waals surface area contributed by atoms with Crippen LogP contribution < -0.4 is 5.32 Å². The molecule has 0 aliphatic heterocycles. The summed E-state index contributed by atoms with van der Waals surface area (Å²) in [4.78, 5) is 13.8. The van der Waals surface area contributed by atoms with Crippen LogP contribution in [0, 0.1) is 17.8 Å². The molecule has 0 heterocycles. The number of rotatable bonds is 7. The van der Waals surface area contributed by atoms with Crippen molar-refractivity contribution in [2.45, 2.75) is 58.0 Å². The van der Waals surface area contributed by atoms with Crippen molar-refractivity contribution in [3.63, 3.8) is 0 Å². The minimum absolute atomic E-state index is 0.173. The predicted octanol–water partition coefficient (Wildman–Crippen LogP) is 2.20. The van der Waals surface area contributed by atoms with Crippen molar-refractivity contribution in [3.8, 4) is 0 Å². The van der Waals surface area contributed by atoms with Gasteiger partial charge in [-0.15, -0.1) is 0 Å². The van der Waals surface area contributed by atoms with E-state index in [1.54, 1.807) is 6.92 Å². The molecule has 20 heavy (non-hydrogen) atoms. The summed E-state index contributed by atoms with van der Waals surface area (Å²) in [6.45, 7) is 7.40. The lowest BCUT2D eigenvalue weighted by Gasteiger charge is -2.35. The number of hydrogen-bond acceptors (Lipinski definition) is 3. The Morgan fingerprint density at radius 3 is 2.55 bits per heavy atom. The zero-order valence-corrected chi connectivity index (χ0v) is 13.4. The van der Waals surface area contributed by atoms with Gasteiger partial charge in [0.2, 0.25) is 0 Å². The van der Waals surface area contributed by atoms with Gasteiger partial charge >= 0.3 is 5.97 Å². The van der Waals surface area contributed by atoms with Crippen LogP contribution in [0.5, 0.6) is 0 Å². The number of likely N-dealkylation sites (N-methyl/N-ethyl adjacent to an activating group) is 1. The van der Waals surface area contributed by atoms with E-state index in [9.17, 15) is 9.90 Å². The SMILES string of the molecule is CC(C)NC(C)(CN(C)CC1CC2CCC1C2)C(=O)O. The Bertz CT molecular complexity index is 358. The summed E-state index contributed by atoms with van der Waals surface area (Å²) < 4.78 is 0. The first-order valence-electron chi connectivity index (χ1n) is 8.00. The highest BCUT2D eigenvalue weighted by atomic mass is 16.4. The third-order valence-electron chi connectivity index (χ3n) is 5.10. The van der Waals surface area contributed by atoms with E-state index in [4.69, 9.17) is 0 Å². The molecule has 2 aliphatic carbocycles. The number of fused-ring (bicyclic) bond motifs is 2. The highest BCUT2D eigenvalue weighted by molar-refractivity contribution is 5.78. The van der Waals surface area contributed by atoms with Crippen molar-refractivity contribution in [1.29, 1.82) is 0 Å². The second kappa shape index (κ2) is 6.02.